The van der Waals surface area contributed by atoms with Crippen molar-refractivity contribution >= 4 is 27.1 Å². The molecule has 0 spiro atoms. The fraction of sp³-hybridized carbons (Fsp3) is 0.333. The third-order valence-electron chi connectivity index (χ3n) is 5.10. The molecule has 1 aromatic carbocycles. The predicted octanol–water partition coefficient (Wildman–Crippen LogP) is 1.34. The van der Waals surface area contributed by atoms with Crippen LogP contribution in [0.15, 0.2) is 29.4 Å². The molecule has 11 nitrogen and oxygen atoms in total. The van der Waals surface area contributed by atoms with Crippen LogP contribution in [0.3, 0.4) is 0 Å². The second kappa shape index (κ2) is 7.74. The van der Waals surface area contributed by atoms with Crippen molar-refractivity contribution in [3.63, 3.8) is 0 Å². The number of amides is 1. The van der Waals surface area contributed by atoms with E-state index in [2.05, 4.69) is 15.1 Å². The molecule has 31 heavy (non-hydrogen) atoms. The maximum Gasteiger partial charge on any atom is 0.407 e. The number of piperidine rings is 1. The minimum absolute atomic E-state index is 0.0943. The summed E-state index contributed by atoms with van der Waals surface area (Å²) in [4.78, 5) is 20.4. The number of nitrogens with zero attached hydrogens (tertiary/aromatic N) is 5. The molecule has 164 valence electrons. The van der Waals surface area contributed by atoms with Gasteiger partial charge in [-0.25, -0.2) is 27.7 Å². The lowest BCUT2D eigenvalue weighted by Gasteiger charge is -2.29. The van der Waals surface area contributed by atoms with Crippen LogP contribution in [0, 0.1) is 5.82 Å². The second-order valence-corrected chi connectivity index (χ2v) is 8.68. The molecule has 0 unspecified atom stereocenters. The summed E-state index contributed by atoms with van der Waals surface area (Å²) < 4.78 is 45.1. The molecule has 2 aromatic heterocycles. The topological polar surface area (TPSA) is 154 Å². The Kier molecular flexibility index (Phi) is 5.23. The van der Waals surface area contributed by atoms with Crippen LogP contribution in [-0.2, 0) is 17.1 Å². The number of primary sulfonamides is 1. The zero-order valence-corrected chi connectivity index (χ0v) is 17.2. The number of carboxylic acid groups (broad SMARTS) is 1. The number of halogens is 1. The molecule has 3 heterocycles. The fourth-order valence-electron chi connectivity index (χ4n) is 3.56. The Bertz CT molecular complexity index is 1270. The highest BCUT2D eigenvalue weighted by Crippen LogP contribution is 2.33. The van der Waals surface area contributed by atoms with E-state index in [0.717, 1.165) is 6.07 Å². The van der Waals surface area contributed by atoms with Crippen molar-refractivity contribution in [2.45, 2.75) is 23.8 Å². The summed E-state index contributed by atoms with van der Waals surface area (Å²) in [5, 5.41) is 18.5. The first kappa shape index (κ1) is 20.9. The van der Waals surface area contributed by atoms with Gasteiger partial charge in [-0.05, 0) is 18.2 Å². The van der Waals surface area contributed by atoms with Gasteiger partial charge in [0.1, 0.15) is 23.8 Å². The molecule has 0 atom stereocenters. The molecule has 0 saturated carbocycles. The van der Waals surface area contributed by atoms with Crippen LogP contribution in [0.25, 0.3) is 22.3 Å². The minimum Gasteiger partial charge on any atom is -0.473 e. The Morgan fingerprint density at radius 2 is 1.97 bits per heavy atom. The predicted molar refractivity (Wildman–Crippen MR) is 106 cm³/mol. The summed E-state index contributed by atoms with van der Waals surface area (Å²) in [6.07, 6.45) is 1.06. The van der Waals surface area contributed by atoms with Gasteiger partial charge in [0.05, 0.1) is 10.6 Å². The lowest BCUT2D eigenvalue weighted by atomic mass is 10.1. The second-order valence-electron chi connectivity index (χ2n) is 7.12. The number of hydrogen-bond donors (Lipinski definition) is 2. The number of ether oxygens (including phenoxy) is 1. The van der Waals surface area contributed by atoms with Crippen LogP contribution in [0.1, 0.15) is 12.8 Å². The zero-order chi connectivity index (χ0) is 22.3. The molecule has 13 heteroatoms. The summed E-state index contributed by atoms with van der Waals surface area (Å²) >= 11 is 0. The molecule has 0 radical (unpaired) electrons. The number of aryl methyl sites for hydroxylation is 1. The number of likely N-dealkylation sites (tertiary alicyclic amines) is 1. The number of nitrogens with two attached hydrogens (primary N) is 1. The lowest BCUT2D eigenvalue weighted by molar-refractivity contribution is 0.0878. The maximum atomic E-state index is 14.7. The molecular weight excluding hydrogens is 431 g/mol. The number of carbonyl (C=O) groups is 1. The molecule has 1 saturated heterocycles. The number of hydrogen-bond acceptors (Lipinski definition) is 7. The van der Waals surface area contributed by atoms with Crippen LogP contribution in [-0.4, -0.2) is 63.5 Å². The van der Waals surface area contributed by atoms with Crippen LogP contribution < -0.4 is 9.88 Å². The lowest BCUT2D eigenvalue weighted by Crippen LogP contribution is -2.41. The molecule has 3 aromatic rings. The summed E-state index contributed by atoms with van der Waals surface area (Å²) in [6, 6.07) is 3.36. The van der Waals surface area contributed by atoms with Gasteiger partial charge in [0.25, 0.3) is 0 Å². The monoisotopic (exact) mass is 450 g/mol. The van der Waals surface area contributed by atoms with Gasteiger partial charge in [0, 0.05) is 38.5 Å². The van der Waals surface area contributed by atoms with E-state index >= 15 is 0 Å². The first-order chi connectivity index (χ1) is 14.6. The van der Waals surface area contributed by atoms with E-state index in [1.54, 1.807) is 7.05 Å². The van der Waals surface area contributed by atoms with Crippen molar-refractivity contribution in [1.82, 2.24) is 24.6 Å². The molecule has 1 aliphatic heterocycles. The van der Waals surface area contributed by atoms with Gasteiger partial charge in [-0.2, -0.15) is 10.1 Å². The molecule has 0 aliphatic carbocycles. The van der Waals surface area contributed by atoms with Crippen LogP contribution in [0.4, 0.5) is 9.18 Å². The van der Waals surface area contributed by atoms with Gasteiger partial charge < -0.3 is 14.7 Å². The van der Waals surface area contributed by atoms with Crippen molar-refractivity contribution in [1.29, 1.82) is 0 Å². The molecule has 1 aliphatic rings. The number of rotatable bonds is 4. The number of sulfonamides is 1. The number of fused-ring (bicyclic) bond motifs is 1. The average Bonchev–Trinajstić information content (AvgIpc) is 3.04. The minimum atomic E-state index is -4.04. The van der Waals surface area contributed by atoms with Gasteiger partial charge in [-0.1, -0.05) is 0 Å². The fourth-order valence-corrected chi connectivity index (χ4v) is 4.08. The summed E-state index contributed by atoms with van der Waals surface area (Å²) in [5.74, 6) is -0.583. The molecule has 0 bridgehead atoms. The molecule has 4 rings (SSSR count). The van der Waals surface area contributed by atoms with Crippen LogP contribution in [0.2, 0.25) is 0 Å². The number of aromatic nitrogens is 4. The van der Waals surface area contributed by atoms with Crippen molar-refractivity contribution < 1.29 is 27.4 Å². The largest absolute Gasteiger partial charge is 0.473 e. The first-order valence-electron chi connectivity index (χ1n) is 9.30. The zero-order valence-electron chi connectivity index (χ0n) is 16.4. The van der Waals surface area contributed by atoms with E-state index in [9.17, 15) is 17.6 Å². The maximum absolute atomic E-state index is 14.7. The standard InChI is InChI=1S/C18H19FN6O5S/c1-24-16(12-3-2-11(8-13(12)19)31(20,28)29)14-15(23-24)17(22-9-21-14)30-10-4-6-25(7-5-10)18(26)27/h2-3,8-10H,4-7H2,1H3,(H,26,27)(H2,20,28,29). The van der Waals surface area contributed by atoms with Gasteiger partial charge in [0.15, 0.2) is 5.52 Å². The molecule has 1 fully saturated rings. The van der Waals surface area contributed by atoms with E-state index in [4.69, 9.17) is 15.0 Å². The van der Waals surface area contributed by atoms with Crippen molar-refractivity contribution in [2.75, 3.05) is 13.1 Å². The normalized spacial score (nSPS) is 15.4. The van der Waals surface area contributed by atoms with Crippen LogP contribution >= 0.6 is 0 Å². The van der Waals surface area contributed by atoms with Gasteiger partial charge in [-0.3, -0.25) is 4.68 Å². The Morgan fingerprint density at radius 1 is 1.26 bits per heavy atom. The quantitative estimate of drug-likeness (QED) is 0.604. The Labute approximate surface area is 176 Å². The highest BCUT2D eigenvalue weighted by molar-refractivity contribution is 7.89. The molecular formula is C18H19FN6O5S. The van der Waals surface area contributed by atoms with E-state index in [1.165, 1.54) is 28.0 Å². The Hall–Kier alpha value is -3.32. The third-order valence-corrected chi connectivity index (χ3v) is 6.01. The van der Waals surface area contributed by atoms with Gasteiger partial charge >= 0.3 is 6.09 Å². The summed E-state index contributed by atoms with van der Waals surface area (Å²) in [5.41, 5.74) is 1.06. The third kappa shape index (κ3) is 4.01. The first-order valence-corrected chi connectivity index (χ1v) is 10.8. The Morgan fingerprint density at radius 3 is 2.58 bits per heavy atom. The molecule has 1 amide bonds. The average molecular weight is 450 g/mol. The number of benzene rings is 1. The van der Waals surface area contributed by atoms with Gasteiger partial charge in [-0.15, -0.1) is 0 Å². The Balaban J connectivity index is 1.68. The van der Waals surface area contributed by atoms with Crippen LogP contribution in [0.5, 0.6) is 5.88 Å². The smallest absolute Gasteiger partial charge is 0.407 e. The van der Waals surface area contributed by atoms with E-state index in [1.807, 2.05) is 0 Å². The van der Waals surface area contributed by atoms with Crippen molar-refractivity contribution in [3.8, 4) is 17.1 Å². The molecule has 3 N–H and O–H groups in total. The highest BCUT2D eigenvalue weighted by atomic mass is 32.2. The van der Waals surface area contributed by atoms with Gasteiger partial charge in [0.2, 0.25) is 15.9 Å². The highest BCUT2D eigenvalue weighted by Gasteiger charge is 2.26. The van der Waals surface area contributed by atoms with Crippen molar-refractivity contribution in [3.05, 3.63) is 30.3 Å². The van der Waals surface area contributed by atoms with E-state index in [-0.39, 0.29) is 22.4 Å². The van der Waals surface area contributed by atoms with E-state index in [0.29, 0.717) is 42.7 Å². The van der Waals surface area contributed by atoms with E-state index < -0.39 is 21.9 Å². The summed E-state index contributed by atoms with van der Waals surface area (Å²) in [7, 11) is -2.45. The summed E-state index contributed by atoms with van der Waals surface area (Å²) in [6.45, 7) is 0.701. The van der Waals surface area contributed by atoms with Crippen molar-refractivity contribution in [2.24, 2.45) is 12.2 Å². The SMILES string of the molecule is Cn1nc2c(OC3CCN(C(=O)O)CC3)ncnc2c1-c1ccc(S(N)(=O)=O)cc1F.